The number of aromatic hydroxyl groups is 1. The molecule has 12 nitrogen and oxygen atoms in total. The Morgan fingerprint density at radius 2 is 1.86 bits per heavy atom. The van der Waals surface area contributed by atoms with Gasteiger partial charge in [0.15, 0.2) is 34.7 Å². The van der Waals surface area contributed by atoms with Gasteiger partial charge in [-0.05, 0) is 37.3 Å². The van der Waals surface area contributed by atoms with Gasteiger partial charge in [0.1, 0.15) is 5.75 Å². The van der Waals surface area contributed by atoms with Crippen LogP contribution in [0.2, 0.25) is 0 Å². The molecule has 0 radical (unpaired) electrons. The first-order valence-electron chi connectivity index (χ1n) is 11.5. The lowest BCUT2D eigenvalue weighted by molar-refractivity contribution is -0.175. The molecule has 12 heteroatoms. The summed E-state index contributed by atoms with van der Waals surface area (Å²) in [5.41, 5.74) is 3.07. The van der Waals surface area contributed by atoms with E-state index in [0.717, 1.165) is 0 Å². The Balaban J connectivity index is 1.82. The molecular weight excluding hydrogens is 474 g/mol. The predicted octanol–water partition coefficient (Wildman–Crippen LogP) is -0.0387. The molecular formula is C24H27N3O9. The highest BCUT2D eigenvalue weighted by molar-refractivity contribution is 6.31. The molecule has 2 fully saturated rings. The van der Waals surface area contributed by atoms with Gasteiger partial charge < -0.3 is 25.6 Å². The largest absolute Gasteiger partial charge is 0.505 e. The van der Waals surface area contributed by atoms with Crippen LogP contribution in [0.1, 0.15) is 35.7 Å². The fourth-order valence-corrected chi connectivity index (χ4v) is 5.79. The number of fused-ring (bicyclic) bond motifs is 3. The first-order chi connectivity index (χ1) is 16.8. The standard InChI is InChI=1S/C24H27N3O9/c1-4-36-23(34)26-12-8-13(27(2)3)11-6-9-5-10-7-14(28)17(22(25)33)21(32)24(10,35)20(31)15(9)19(30)16(11)18(12)29/h8-10,15,17,29,35H,4-7H2,1-3H3,(H2,25,33)(H,26,34)/t9-,10+,15?,17?,24+/m1/s1. The van der Waals surface area contributed by atoms with Gasteiger partial charge in [-0.3, -0.25) is 29.3 Å². The monoisotopic (exact) mass is 501 g/mol. The van der Waals surface area contributed by atoms with E-state index in [0.29, 0.717) is 11.3 Å². The number of hydrogen-bond acceptors (Lipinski definition) is 10. The van der Waals surface area contributed by atoms with Gasteiger partial charge in [-0.25, -0.2) is 4.79 Å². The van der Waals surface area contributed by atoms with Crippen LogP contribution in [0.3, 0.4) is 0 Å². The van der Waals surface area contributed by atoms with Crippen LogP contribution < -0.4 is 16.0 Å². The number of primary amides is 1. The summed E-state index contributed by atoms with van der Waals surface area (Å²) in [6.07, 6.45) is -1.14. The summed E-state index contributed by atoms with van der Waals surface area (Å²) in [5.74, 6) is -11.1. The third kappa shape index (κ3) is 3.55. The van der Waals surface area contributed by atoms with Gasteiger partial charge in [-0.2, -0.15) is 0 Å². The van der Waals surface area contributed by atoms with Gasteiger partial charge in [0.25, 0.3) is 0 Å². The van der Waals surface area contributed by atoms with Crippen molar-refractivity contribution in [2.75, 3.05) is 30.9 Å². The summed E-state index contributed by atoms with van der Waals surface area (Å²) in [4.78, 5) is 78.1. The average Bonchev–Trinajstić information content (AvgIpc) is 2.77. The second kappa shape index (κ2) is 8.70. The Kier molecular flexibility index (Phi) is 6.11. The number of phenols is 1. The number of benzene rings is 1. The summed E-state index contributed by atoms with van der Waals surface area (Å²) in [5, 5.41) is 24.6. The van der Waals surface area contributed by atoms with Crippen molar-refractivity contribution < 1.29 is 43.7 Å². The number of nitrogens with one attached hydrogen (secondary N) is 1. The lowest BCUT2D eigenvalue weighted by Gasteiger charge is -2.48. The van der Waals surface area contributed by atoms with Crippen molar-refractivity contribution in [3.05, 3.63) is 17.2 Å². The smallest absolute Gasteiger partial charge is 0.411 e. The Hall–Kier alpha value is -3.80. The van der Waals surface area contributed by atoms with E-state index in [1.165, 1.54) is 6.07 Å². The summed E-state index contributed by atoms with van der Waals surface area (Å²) in [7, 11) is 3.40. The Morgan fingerprint density at radius 3 is 2.44 bits per heavy atom. The zero-order valence-corrected chi connectivity index (χ0v) is 20.0. The highest BCUT2D eigenvalue weighted by atomic mass is 16.5. The van der Waals surface area contributed by atoms with Gasteiger partial charge >= 0.3 is 6.09 Å². The molecule has 36 heavy (non-hydrogen) atoms. The van der Waals surface area contributed by atoms with Crippen molar-refractivity contribution in [2.24, 2.45) is 29.4 Å². The highest BCUT2D eigenvalue weighted by Gasteiger charge is 2.66. The molecule has 5 atom stereocenters. The molecule has 5 N–H and O–H groups in total. The van der Waals surface area contributed by atoms with E-state index >= 15 is 0 Å². The van der Waals surface area contributed by atoms with Gasteiger partial charge in [0.2, 0.25) is 5.91 Å². The summed E-state index contributed by atoms with van der Waals surface area (Å²) < 4.78 is 4.85. The number of hydrogen-bond donors (Lipinski definition) is 4. The molecule has 2 saturated carbocycles. The number of anilines is 2. The number of phenolic OH excluding ortho intramolecular Hbond substituents is 1. The number of rotatable bonds is 4. The molecule has 2 amide bonds. The number of carbonyl (C=O) groups is 6. The maximum absolute atomic E-state index is 13.7. The van der Waals surface area contributed by atoms with Crippen molar-refractivity contribution in [3.8, 4) is 5.75 Å². The maximum atomic E-state index is 13.7. The molecule has 0 bridgehead atoms. The van der Waals surface area contributed by atoms with Crippen LogP contribution >= 0.6 is 0 Å². The van der Waals surface area contributed by atoms with Crippen LogP contribution in [-0.2, 0) is 30.3 Å². The fourth-order valence-electron chi connectivity index (χ4n) is 5.79. The van der Waals surface area contributed by atoms with E-state index in [9.17, 15) is 39.0 Å². The minimum absolute atomic E-state index is 0.00247. The van der Waals surface area contributed by atoms with Crippen LogP contribution in [0.4, 0.5) is 16.2 Å². The molecule has 192 valence electrons. The van der Waals surface area contributed by atoms with Crippen LogP contribution in [0.25, 0.3) is 0 Å². The number of nitrogens with two attached hydrogens (primary N) is 1. The first kappa shape index (κ1) is 25.3. The van der Waals surface area contributed by atoms with Gasteiger partial charge in [-0.15, -0.1) is 0 Å². The topological polar surface area (TPSA) is 193 Å². The third-order valence-electron chi connectivity index (χ3n) is 7.37. The molecule has 4 rings (SSSR count). The van der Waals surface area contributed by atoms with Gasteiger partial charge in [0, 0.05) is 32.1 Å². The number of ether oxygens (including phenoxy) is 1. The molecule has 0 aliphatic heterocycles. The number of ketones is 4. The van der Waals surface area contributed by atoms with Crippen LogP contribution in [0.15, 0.2) is 6.07 Å². The van der Waals surface area contributed by atoms with E-state index in [4.69, 9.17) is 10.5 Å². The van der Waals surface area contributed by atoms with Gasteiger partial charge in [0.05, 0.1) is 23.8 Å². The Bertz CT molecular complexity index is 1220. The van der Waals surface area contributed by atoms with Crippen molar-refractivity contribution in [1.29, 1.82) is 0 Å². The maximum Gasteiger partial charge on any atom is 0.411 e. The summed E-state index contributed by atoms with van der Waals surface area (Å²) in [6, 6.07) is 1.48. The quantitative estimate of drug-likeness (QED) is 0.321. The van der Waals surface area contributed by atoms with E-state index in [1.807, 2.05) is 0 Å². The van der Waals surface area contributed by atoms with E-state index in [-0.39, 0.29) is 30.7 Å². The minimum Gasteiger partial charge on any atom is -0.505 e. The minimum atomic E-state index is -2.72. The second-order valence-corrected chi connectivity index (χ2v) is 9.62. The number of amides is 2. The summed E-state index contributed by atoms with van der Waals surface area (Å²) >= 11 is 0. The molecule has 3 aliphatic carbocycles. The fraction of sp³-hybridized carbons (Fsp3) is 0.500. The van der Waals surface area contributed by atoms with E-state index in [1.54, 1.807) is 25.9 Å². The van der Waals surface area contributed by atoms with E-state index in [2.05, 4.69) is 5.32 Å². The normalized spacial score (nSPS) is 29.1. The second-order valence-electron chi connectivity index (χ2n) is 9.62. The molecule has 2 unspecified atom stereocenters. The predicted molar refractivity (Wildman–Crippen MR) is 123 cm³/mol. The Labute approximate surface area is 205 Å². The average molecular weight is 501 g/mol. The van der Waals surface area contributed by atoms with Crippen LogP contribution in [-0.4, -0.2) is 71.6 Å². The molecule has 0 heterocycles. The van der Waals surface area contributed by atoms with Crippen molar-refractivity contribution in [1.82, 2.24) is 0 Å². The lowest BCUT2D eigenvalue weighted by atomic mass is 9.53. The van der Waals surface area contributed by atoms with Crippen molar-refractivity contribution in [2.45, 2.75) is 31.8 Å². The number of nitrogens with zero attached hydrogens (tertiary/aromatic N) is 1. The molecule has 1 aromatic rings. The zero-order chi connectivity index (χ0) is 26.7. The first-order valence-corrected chi connectivity index (χ1v) is 11.5. The van der Waals surface area contributed by atoms with Gasteiger partial charge in [-0.1, -0.05) is 0 Å². The summed E-state index contributed by atoms with van der Waals surface area (Å²) in [6.45, 7) is 1.66. The number of Topliss-reactive ketones (excluding diaryl/α,β-unsaturated/α-hetero) is 4. The lowest BCUT2D eigenvalue weighted by Crippen LogP contribution is -2.68. The Morgan fingerprint density at radius 1 is 1.19 bits per heavy atom. The molecule has 0 saturated heterocycles. The third-order valence-corrected chi connectivity index (χ3v) is 7.37. The number of aliphatic hydroxyl groups is 1. The SMILES string of the molecule is CCOC(=O)Nc1cc(N(C)C)c2c(c1O)C(=O)C1C(=O)[C@]3(O)C(=O)C(C(N)=O)C(=O)C[C@@H]3C[C@@H]1C2. The molecule has 1 aromatic carbocycles. The number of carbonyl (C=O) groups excluding carboxylic acids is 6. The molecule has 3 aliphatic rings. The highest BCUT2D eigenvalue weighted by Crippen LogP contribution is 2.52. The van der Waals surface area contributed by atoms with E-state index < -0.39 is 76.6 Å². The molecule has 0 spiro atoms. The van der Waals surface area contributed by atoms with Crippen LogP contribution in [0.5, 0.6) is 5.75 Å². The zero-order valence-electron chi connectivity index (χ0n) is 20.0. The van der Waals surface area contributed by atoms with Crippen LogP contribution in [0, 0.1) is 23.7 Å². The molecule has 0 aromatic heterocycles. The van der Waals surface area contributed by atoms with Crippen molar-refractivity contribution >= 4 is 46.5 Å². The van der Waals surface area contributed by atoms with Crippen molar-refractivity contribution in [3.63, 3.8) is 0 Å².